The van der Waals surface area contributed by atoms with Crippen molar-refractivity contribution in [1.29, 1.82) is 0 Å². The van der Waals surface area contributed by atoms with Crippen LogP contribution in [0.1, 0.15) is 40.0 Å². The number of benzene rings is 1. The number of hydrogen-bond donors (Lipinski definition) is 1. The zero-order valence-corrected chi connectivity index (χ0v) is 14.7. The number of sulfonamides is 1. The minimum atomic E-state index is -3.54. The highest BCUT2D eigenvalue weighted by molar-refractivity contribution is 9.10. The molecule has 114 valence electrons. The first-order valence-electron chi connectivity index (χ1n) is 6.87. The van der Waals surface area contributed by atoms with Gasteiger partial charge in [-0.05, 0) is 38.5 Å². The molecule has 0 spiro atoms. The zero-order valence-electron chi connectivity index (χ0n) is 12.3. The second kappa shape index (κ2) is 7.43. The molecule has 0 unspecified atom stereocenters. The van der Waals surface area contributed by atoms with E-state index in [0.717, 1.165) is 23.7 Å². The number of nitrogens with zero attached hydrogens (tertiary/aromatic N) is 1. The number of halogens is 1. The Labute approximate surface area is 130 Å². The fourth-order valence-corrected chi connectivity index (χ4v) is 4.21. The molecule has 1 rings (SSSR count). The van der Waals surface area contributed by atoms with Crippen molar-refractivity contribution >= 4 is 31.6 Å². The van der Waals surface area contributed by atoms with E-state index in [4.69, 9.17) is 5.73 Å². The zero-order chi connectivity index (χ0) is 15.3. The Hall–Kier alpha value is -0.590. The SMILES string of the molecule is CCCCCN(C(C)C)S(=O)(=O)c1ccc(Br)cc1N. The second-order valence-electron chi connectivity index (χ2n) is 5.10. The standard InChI is InChI=1S/C14H23BrN2O2S/c1-4-5-6-9-17(11(2)3)20(18,19)14-8-7-12(15)10-13(14)16/h7-8,10-11H,4-6,9,16H2,1-3H3. The lowest BCUT2D eigenvalue weighted by Crippen LogP contribution is -2.38. The maximum absolute atomic E-state index is 12.7. The summed E-state index contributed by atoms with van der Waals surface area (Å²) in [6.45, 7) is 6.40. The lowest BCUT2D eigenvalue weighted by molar-refractivity contribution is 0.346. The highest BCUT2D eigenvalue weighted by atomic mass is 79.9. The van der Waals surface area contributed by atoms with Gasteiger partial charge in [-0.25, -0.2) is 8.42 Å². The molecule has 0 aliphatic heterocycles. The van der Waals surface area contributed by atoms with Crippen molar-refractivity contribution in [3.05, 3.63) is 22.7 Å². The van der Waals surface area contributed by atoms with E-state index in [1.165, 1.54) is 4.31 Å². The summed E-state index contributed by atoms with van der Waals surface area (Å²) < 4.78 is 27.8. The molecular formula is C14H23BrN2O2S. The summed E-state index contributed by atoms with van der Waals surface area (Å²) >= 11 is 3.29. The van der Waals surface area contributed by atoms with Gasteiger partial charge in [0, 0.05) is 17.1 Å². The average Bonchev–Trinajstić information content (AvgIpc) is 2.33. The van der Waals surface area contributed by atoms with Gasteiger partial charge in [-0.1, -0.05) is 35.7 Å². The lowest BCUT2D eigenvalue weighted by Gasteiger charge is -2.26. The smallest absolute Gasteiger partial charge is 0.245 e. The molecule has 0 amide bonds. The van der Waals surface area contributed by atoms with Crippen LogP contribution in [0.5, 0.6) is 0 Å². The quantitative estimate of drug-likeness (QED) is 0.594. The van der Waals surface area contributed by atoms with Crippen LogP contribution >= 0.6 is 15.9 Å². The normalized spacial score (nSPS) is 12.3. The Morgan fingerprint density at radius 1 is 1.30 bits per heavy atom. The molecule has 0 saturated carbocycles. The highest BCUT2D eigenvalue weighted by Crippen LogP contribution is 2.27. The molecule has 0 aromatic heterocycles. The molecule has 0 radical (unpaired) electrons. The van der Waals surface area contributed by atoms with E-state index in [1.54, 1.807) is 18.2 Å². The molecule has 0 aliphatic rings. The van der Waals surface area contributed by atoms with Crippen LogP contribution in [0.2, 0.25) is 0 Å². The van der Waals surface area contributed by atoms with Gasteiger partial charge in [-0.2, -0.15) is 4.31 Å². The van der Waals surface area contributed by atoms with Gasteiger partial charge in [0.2, 0.25) is 10.0 Å². The summed E-state index contributed by atoms with van der Waals surface area (Å²) in [7, 11) is -3.54. The Balaban J connectivity index is 3.09. The summed E-state index contributed by atoms with van der Waals surface area (Å²) in [5.41, 5.74) is 6.14. The molecule has 20 heavy (non-hydrogen) atoms. The Bertz CT molecular complexity index is 544. The third-order valence-corrected chi connectivity index (χ3v) is 5.76. The number of unbranched alkanes of at least 4 members (excludes halogenated alkanes) is 2. The summed E-state index contributed by atoms with van der Waals surface area (Å²) in [5, 5.41) is 0. The molecule has 4 nitrogen and oxygen atoms in total. The molecule has 0 fully saturated rings. The fourth-order valence-electron chi connectivity index (χ4n) is 2.05. The van der Waals surface area contributed by atoms with E-state index in [-0.39, 0.29) is 16.6 Å². The van der Waals surface area contributed by atoms with Crippen molar-refractivity contribution in [1.82, 2.24) is 4.31 Å². The number of nitrogens with two attached hydrogens (primary N) is 1. The van der Waals surface area contributed by atoms with Gasteiger partial charge >= 0.3 is 0 Å². The summed E-state index contributed by atoms with van der Waals surface area (Å²) in [6.07, 6.45) is 2.95. The van der Waals surface area contributed by atoms with Crippen molar-refractivity contribution in [2.24, 2.45) is 0 Å². The molecule has 2 N–H and O–H groups in total. The van der Waals surface area contributed by atoms with Crippen molar-refractivity contribution in [2.45, 2.75) is 51.0 Å². The van der Waals surface area contributed by atoms with Gasteiger partial charge in [0.15, 0.2) is 0 Å². The predicted molar refractivity (Wildman–Crippen MR) is 87.1 cm³/mol. The van der Waals surface area contributed by atoms with Gasteiger partial charge in [-0.15, -0.1) is 0 Å². The lowest BCUT2D eigenvalue weighted by atomic mass is 10.2. The van der Waals surface area contributed by atoms with E-state index in [0.29, 0.717) is 6.54 Å². The van der Waals surface area contributed by atoms with Crippen LogP contribution in [0.25, 0.3) is 0 Å². The van der Waals surface area contributed by atoms with Gasteiger partial charge in [0.1, 0.15) is 4.90 Å². The van der Waals surface area contributed by atoms with Crippen LogP contribution in [0.3, 0.4) is 0 Å². The first-order valence-corrected chi connectivity index (χ1v) is 9.11. The van der Waals surface area contributed by atoms with E-state index >= 15 is 0 Å². The number of anilines is 1. The van der Waals surface area contributed by atoms with E-state index in [1.807, 2.05) is 13.8 Å². The minimum Gasteiger partial charge on any atom is -0.398 e. The van der Waals surface area contributed by atoms with E-state index < -0.39 is 10.0 Å². The summed E-state index contributed by atoms with van der Waals surface area (Å²) in [5.74, 6) is 0. The number of nitrogen functional groups attached to an aromatic ring is 1. The van der Waals surface area contributed by atoms with Gasteiger partial charge < -0.3 is 5.73 Å². The highest BCUT2D eigenvalue weighted by Gasteiger charge is 2.28. The summed E-state index contributed by atoms with van der Waals surface area (Å²) in [4.78, 5) is 0.186. The first kappa shape index (κ1) is 17.5. The molecule has 0 bridgehead atoms. The van der Waals surface area contributed by atoms with Crippen molar-refractivity contribution < 1.29 is 8.42 Å². The first-order chi connectivity index (χ1) is 9.30. The maximum atomic E-state index is 12.7. The van der Waals surface area contributed by atoms with Crippen LogP contribution in [0, 0.1) is 0 Å². The third kappa shape index (κ3) is 4.20. The van der Waals surface area contributed by atoms with Crippen LogP contribution in [0.15, 0.2) is 27.6 Å². The van der Waals surface area contributed by atoms with E-state index in [2.05, 4.69) is 22.9 Å². The van der Waals surface area contributed by atoms with Crippen molar-refractivity contribution in [2.75, 3.05) is 12.3 Å². The molecule has 1 aromatic carbocycles. The van der Waals surface area contributed by atoms with Crippen molar-refractivity contribution in [3.8, 4) is 0 Å². The summed E-state index contributed by atoms with van der Waals surface area (Å²) in [6, 6.07) is 4.80. The van der Waals surface area contributed by atoms with Crippen LogP contribution in [0.4, 0.5) is 5.69 Å². The topological polar surface area (TPSA) is 63.4 Å². The van der Waals surface area contributed by atoms with Crippen LogP contribution in [-0.2, 0) is 10.0 Å². The monoisotopic (exact) mass is 362 g/mol. The van der Waals surface area contributed by atoms with Gasteiger partial charge in [0.05, 0.1) is 5.69 Å². The largest absolute Gasteiger partial charge is 0.398 e. The number of hydrogen-bond acceptors (Lipinski definition) is 3. The Morgan fingerprint density at radius 3 is 2.45 bits per heavy atom. The third-order valence-electron chi connectivity index (χ3n) is 3.12. The maximum Gasteiger partial charge on any atom is 0.245 e. The molecular weight excluding hydrogens is 340 g/mol. The fraction of sp³-hybridized carbons (Fsp3) is 0.571. The number of rotatable bonds is 7. The van der Waals surface area contributed by atoms with Gasteiger partial charge in [-0.3, -0.25) is 0 Å². The molecule has 1 aromatic rings. The molecule has 0 saturated heterocycles. The second-order valence-corrected chi connectivity index (χ2v) is 7.87. The Kier molecular flexibility index (Phi) is 6.48. The van der Waals surface area contributed by atoms with Gasteiger partial charge in [0.25, 0.3) is 0 Å². The van der Waals surface area contributed by atoms with Crippen LogP contribution < -0.4 is 5.73 Å². The Morgan fingerprint density at radius 2 is 1.95 bits per heavy atom. The molecule has 6 heteroatoms. The predicted octanol–water partition coefficient (Wildman–Crippen LogP) is 3.62. The molecule has 0 atom stereocenters. The molecule has 0 aliphatic carbocycles. The molecule has 0 heterocycles. The van der Waals surface area contributed by atoms with Crippen molar-refractivity contribution in [3.63, 3.8) is 0 Å². The van der Waals surface area contributed by atoms with E-state index in [9.17, 15) is 8.42 Å². The average molecular weight is 363 g/mol. The van der Waals surface area contributed by atoms with Crippen LogP contribution in [-0.4, -0.2) is 25.3 Å². The minimum absolute atomic E-state index is 0.0834.